The van der Waals surface area contributed by atoms with Gasteiger partial charge in [-0.25, -0.2) is 9.37 Å². The van der Waals surface area contributed by atoms with Crippen molar-refractivity contribution < 1.29 is 24.1 Å². The Morgan fingerprint density at radius 1 is 1.52 bits per heavy atom. The molecule has 1 aliphatic heterocycles. The Morgan fingerprint density at radius 3 is 2.78 bits per heavy atom. The predicted molar refractivity (Wildman–Crippen MR) is 77.4 cm³/mol. The van der Waals surface area contributed by atoms with Crippen LogP contribution in [-0.2, 0) is 4.74 Å². The van der Waals surface area contributed by atoms with Crippen molar-refractivity contribution in [2.75, 3.05) is 12.3 Å². The SMILES string of the molecule is NC(=O)c1cn([C@@H]2O[C@H](CO)[C@@H](O)[C@@H]2F)c2nc(Cl)nc(N)c12. The van der Waals surface area contributed by atoms with Gasteiger partial charge in [-0.1, -0.05) is 0 Å². The Kier molecular flexibility index (Phi) is 3.84. The van der Waals surface area contributed by atoms with Gasteiger partial charge >= 0.3 is 0 Å². The van der Waals surface area contributed by atoms with Gasteiger partial charge in [0.25, 0.3) is 5.91 Å². The van der Waals surface area contributed by atoms with E-state index in [1.807, 2.05) is 0 Å². The Balaban J connectivity index is 2.20. The van der Waals surface area contributed by atoms with Crippen LogP contribution < -0.4 is 11.5 Å². The van der Waals surface area contributed by atoms with Crippen LogP contribution in [0, 0.1) is 0 Å². The normalized spacial score (nSPS) is 27.7. The summed E-state index contributed by atoms with van der Waals surface area (Å²) >= 11 is 5.76. The standard InChI is InChI=1S/C12H13ClFN5O4/c13-12-17-8(15)5-3(9(16)22)1-19(10(5)18-12)11-6(14)7(21)4(2-20)23-11/h1,4,6-7,11,20-21H,2H2,(H2,16,22)(H2,15,17,18)/t4-,6+,7-,11-/m1/s1. The van der Waals surface area contributed by atoms with E-state index < -0.39 is 37.1 Å². The third kappa shape index (κ3) is 2.39. The third-order valence-electron chi connectivity index (χ3n) is 3.69. The van der Waals surface area contributed by atoms with Gasteiger partial charge in [-0.05, 0) is 11.6 Å². The van der Waals surface area contributed by atoms with Crippen LogP contribution in [0.25, 0.3) is 11.0 Å². The van der Waals surface area contributed by atoms with E-state index in [9.17, 15) is 14.3 Å². The highest BCUT2D eigenvalue weighted by Gasteiger charge is 2.45. The molecule has 0 bridgehead atoms. The molecule has 1 amide bonds. The summed E-state index contributed by atoms with van der Waals surface area (Å²) in [5, 5.41) is 18.8. The monoisotopic (exact) mass is 345 g/mol. The zero-order valence-corrected chi connectivity index (χ0v) is 12.3. The average molecular weight is 346 g/mol. The molecule has 4 atom stereocenters. The molecule has 1 aliphatic rings. The molecule has 3 rings (SSSR count). The second-order valence-electron chi connectivity index (χ2n) is 5.07. The number of amides is 1. The number of ether oxygens (including phenoxy) is 1. The van der Waals surface area contributed by atoms with Crippen molar-refractivity contribution in [2.45, 2.75) is 24.6 Å². The number of fused-ring (bicyclic) bond motifs is 1. The number of hydrogen-bond acceptors (Lipinski definition) is 7. The van der Waals surface area contributed by atoms with Crippen molar-refractivity contribution in [3.63, 3.8) is 0 Å². The highest BCUT2D eigenvalue weighted by Crippen LogP contribution is 2.36. The quantitative estimate of drug-likeness (QED) is 0.540. The number of nitrogen functional groups attached to an aromatic ring is 1. The first-order valence-electron chi connectivity index (χ1n) is 6.57. The molecule has 1 fully saturated rings. The van der Waals surface area contributed by atoms with E-state index in [1.165, 1.54) is 6.20 Å². The van der Waals surface area contributed by atoms with Crippen LogP contribution in [0.3, 0.4) is 0 Å². The molecular formula is C12H13ClFN5O4. The molecule has 0 radical (unpaired) electrons. The number of carbonyl (C=O) groups is 1. The van der Waals surface area contributed by atoms with E-state index in [2.05, 4.69) is 9.97 Å². The van der Waals surface area contributed by atoms with Crippen molar-refractivity contribution in [3.05, 3.63) is 17.0 Å². The minimum atomic E-state index is -1.86. The smallest absolute Gasteiger partial charge is 0.251 e. The summed E-state index contributed by atoms with van der Waals surface area (Å²) in [4.78, 5) is 19.3. The molecule has 23 heavy (non-hydrogen) atoms. The molecule has 3 heterocycles. The van der Waals surface area contributed by atoms with Crippen molar-refractivity contribution in [1.29, 1.82) is 0 Å². The van der Waals surface area contributed by atoms with Crippen molar-refractivity contribution in [2.24, 2.45) is 5.73 Å². The Hall–Kier alpha value is -2.01. The number of primary amides is 1. The summed E-state index contributed by atoms with van der Waals surface area (Å²) in [5.41, 5.74) is 11.0. The summed E-state index contributed by atoms with van der Waals surface area (Å²) in [7, 11) is 0. The van der Waals surface area contributed by atoms with Gasteiger partial charge in [0.05, 0.1) is 17.6 Å². The van der Waals surface area contributed by atoms with E-state index in [1.54, 1.807) is 0 Å². The van der Waals surface area contributed by atoms with Crippen LogP contribution >= 0.6 is 11.6 Å². The number of halogens is 2. The minimum absolute atomic E-state index is 0.0353. The molecule has 6 N–H and O–H groups in total. The fourth-order valence-corrected chi connectivity index (χ4v) is 2.78. The van der Waals surface area contributed by atoms with Crippen molar-refractivity contribution in [3.8, 4) is 0 Å². The maximum absolute atomic E-state index is 14.3. The predicted octanol–water partition coefficient (Wildman–Crippen LogP) is -0.645. The second kappa shape index (κ2) is 5.57. The lowest BCUT2D eigenvalue weighted by Crippen LogP contribution is -2.30. The van der Waals surface area contributed by atoms with E-state index in [4.69, 9.17) is 32.9 Å². The molecule has 9 nitrogen and oxygen atoms in total. The van der Waals surface area contributed by atoms with E-state index in [0.717, 1.165) is 4.57 Å². The summed E-state index contributed by atoms with van der Waals surface area (Å²) in [6, 6.07) is 0. The molecule has 2 aromatic rings. The van der Waals surface area contributed by atoms with Gasteiger partial charge in [-0.15, -0.1) is 0 Å². The number of carbonyl (C=O) groups excluding carboxylic acids is 1. The van der Waals surface area contributed by atoms with Crippen LogP contribution in [0.5, 0.6) is 0 Å². The number of nitrogens with zero attached hydrogens (tertiary/aromatic N) is 3. The first-order chi connectivity index (χ1) is 10.8. The highest BCUT2D eigenvalue weighted by atomic mass is 35.5. The number of nitrogens with two attached hydrogens (primary N) is 2. The number of anilines is 1. The fraction of sp³-hybridized carbons (Fsp3) is 0.417. The maximum atomic E-state index is 14.3. The largest absolute Gasteiger partial charge is 0.394 e. The van der Waals surface area contributed by atoms with Crippen molar-refractivity contribution in [1.82, 2.24) is 14.5 Å². The Morgan fingerprint density at radius 2 is 2.22 bits per heavy atom. The van der Waals surface area contributed by atoms with Crippen LogP contribution in [0.4, 0.5) is 10.2 Å². The number of aliphatic hydroxyl groups is 2. The van der Waals surface area contributed by atoms with E-state index in [0.29, 0.717) is 0 Å². The van der Waals surface area contributed by atoms with Gasteiger partial charge in [0.2, 0.25) is 5.28 Å². The lowest BCUT2D eigenvalue weighted by molar-refractivity contribution is -0.0457. The molecule has 1 saturated heterocycles. The zero-order valence-electron chi connectivity index (χ0n) is 11.6. The Labute approximate surface area is 133 Å². The average Bonchev–Trinajstić information content (AvgIpc) is 2.99. The van der Waals surface area contributed by atoms with Gasteiger partial charge in [-0.3, -0.25) is 4.79 Å². The summed E-state index contributed by atoms with van der Waals surface area (Å²) in [6.45, 7) is -0.572. The van der Waals surface area contributed by atoms with Gasteiger partial charge in [0.1, 0.15) is 23.7 Å². The van der Waals surface area contributed by atoms with Gasteiger partial charge in [0, 0.05) is 6.20 Å². The second-order valence-corrected chi connectivity index (χ2v) is 5.41. The molecule has 0 aliphatic carbocycles. The summed E-state index contributed by atoms with van der Waals surface area (Å²) in [5.74, 6) is -0.917. The maximum Gasteiger partial charge on any atom is 0.251 e. The van der Waals surface area contributed by atoms with Crippen LogP contribution in [0.2, 0.25) is 5.28 Å². The molecule has 0 saturated carbocycles. The van der Waals surface area contributed by atoms with Gasteiger partial charge in [0.15, 0.2) is 12.4 Å². The lowest BCUT2D eigenvalue weighted by atomic mass is 10.1. The first kappa shape index (κ1) is 15.9. The molecule has 2 aromatic heterocycles. The lowest BCUT2D eigenvalue weighted by Gasteiger charge is -2.15. The number of alkyl halides is 1. The molecule has 0 spiro atoms. The number of hydrogen-bond donors (Lipinski definition) is 4. The molecule has 124 valence electrons. The zero-order chi connectivity index (χ0) is 16.9. The number of rotatable bonds is 3. The van der Waals surface area contributed by atoms with Gasteiger partial charge in [-0.2, -0.15) is 4.98 Å². The molecule has 0 aromatic carbocycles. The summed E-state index contributed by atoms with van der Waals surface area (Å²) < 4.78 is 20.8. The van der Waals surface area contributed by atoms with Crippen LogP contribution in [-0.4, -0.2) is 55.6 Å². The van der Waals surface area contributed by atoms with Crippen molar-refractivity contribution >= 4 is 34.4 Å². The highest BCUT2D eigenvalue weighted by molar-refractivity contribution is 6.29. The topological polar surface area (TPSA) is 150 Å². The molecule has 11 heteroatoms. The molecular weight excluding hydrogens is 333 g/mol. The summed E-state index contributed by atoms with van der Waals surface area (Å²) in [6.07, 6.45) is -4.63. The minimum Gasteiger partial charge on any atom is -0.394 e. The third-order valence-corrected chi connectivity index (χ3v) is 3.86. The number of aliphatic hydroxyl groups excluding tert-OH is 2. The van der Waals surface area contributed by atoms with Crippen LogP contribution in [0.15, 0.2) is 6.20 Å². The van der Waals surface area contributed by atoms with Gasteiger partial charge < -0.3 is 31.0 Å². The first-order valence-corrected chi connectivity index (χ1v) is 6.94. The Bertz CT molecular complexity index is 784. The molecule has 0 unspecified atom stereocenters. The van der Waals surface area contributed by atoms with Crippen LogP contribution in [0.1, 0.15) is 16.6 Å². The van der Waals surface area contributed by atoms with E-state index >= 15 is 0 Å². The van der Waals surface area contributed by atoms with E-state index in [-0.39, 0.29) is 27.7 Å². The number of aromatic nitrogens is 3. The fourth-order valence-electron chi connectivity index (χ4n) is 2.61.